The summed E-state index contributed by atoms with van der Waals surface area (Å²) >= 11 is 0. The molecule has 2 aromatic rings. The van der Waals surface area contributed by atoms with Gasteiger partial charge < -0.3 is 19.7 Å². The molecule has 0 unspecified atom stereocenters. The van der Waals surface area contributed by atoms with Gasteiger partial charge in [0.25, 0.3) is 11.7 Å². The summed E-state index contributed by atoms with van der Waals surface area (Å²) in [5.41, 5.74) is 6.74. The first kappa shape index (κ1) is 18.1. The standard InChI is InChI=1S/C16H22N6O4/c1-10-12(11(2)25-19-10)8-14(23)22-5-3-4-21(6-7-22)9-13-18-16(15(17)24)20-26-13/h3-9H2,1-2H3,(H2,17,24). The van der Waals surface area contributed by atoms with Crippen LogP contribution in [0.4, 0.5) is 0 Å². The molecule has 0 bridgehead atoms. The van der Waals surface area contributed by atoms with Gasteiger partial charge in [0.1, 0.15) is 5.76 Å². The van der Waals surface area contributed by atoms with E-state index in [0.29, 0.717) is 44.3 Å². The predicted octanol–water partition coefficient (Wildman–Crippen LogP) is 0.0503. The minimum Gasteiger partial charge on any atom is -0.363 e. The van der Waals surface area contributed by atoms with Crippen LogP contribution in [0.3, 0.4) is 0 Å². The van der Waals surface area contributed by atoms with Crippen molar-refractivity contribution < 1.29 is 18.6 Å². The van der Waals surface area contributed by atoms with Crippen molar-refractivity contribution in [3.63, 3.8) is 0 Å². The predicted molar refractivity (Wildman–Crippen MR) is 89.0 cm³/mol. The molecule has 3 heterocycles. The quantitative estimate of drug-likeness (QED) is 0.789. The lowest BCUT2D eigenvalue weighted by Gasteiger charge is -2.21. The second kappa shape index (κ2) is 7.65. The Labute approximate surface area is 150 Å². The van der Waals surface area contributed by atoms with Crippen LogP contribution in [0.25, 0.3) is 0 Å². The van der Waals surface area contributed by atoms with E-state index in [1.807, 2.05) is 18.7 Å². The van der Waals surface area contributed by atoms with E-state index in [2.05, 4.69) is 20.2 Å². The summed E-state index contributed by atoms with van der Waals surface area (Å²) in [6, 6.07) is 0. The third-order valence-electron chi connectivity index (χ3n) is 4.50. The topological polar surface area (TPSA) is 132 Å². The third-order valence-corrected chi connectivity index (χ3v) is 4.50. The Balaban J connectivity index is 1.55. The zero-order valence-corrected chi connectivity index (χ0v) is 14.9. The molecule has 0 saturated carbocycles. The van der Waals surface area contributed by atoms with Crippen LogP contribution >= 0.6 is 0 Å². The van der Waals surface area contributed by atoms with Gasteiger partial charge in [0, 0.05) is 31.7 Å². The highest BCUT2D eigenvalue weighted by atomic mass is 16.5. The van der Waals surface area contributed by atoms with Gasteiger partial charge in [-0.2, -0.15) is 4.98 Å². The average Bonchev–Trinajstić information content (AvgIpc) is 3.10. The lowest BCUT2D eigenvalue weighted by Crippen LogP contribution is -2.36. The highest BCUT2D eigenvalue weighted by Crippen LogP contribution is 2.15. The molecule has 10 heteroatoms. The van der Waals surface area contributed by atoms with E-state index in [1.54, 1.807) is 0 Å². The van der Waals surface area contributed by atoms with Crippen molar-refractivity contribution >= 4 is 11.8 Å². The van der Waals surface area contributed by atoms with Crippen LogP contribution < -0.4 is 5.73 Å². The third kappa shape index (κ3) is 4.07. The SMILES string of the molecule is Cc1noc(C)c1CC(=O)N1CCCN(Cc2nc(C(N)=O)no2)CC1. The van der Waals surface area contributed by atoms with Gasteiger partial charge in [0.05, 0.1) is 18.7 Å². The van der Waals surface area contributed by atoms with Gasteiger partial charge in [0.2, 0.25) is 11.8 Å². The molecule has 1 fully saturated rings. The molecule has 0 spiro atoms. The minimum absolute atomic E-state index is 0.0649. The minimum atomic E-state index is -0.716. The van der Waals surface area contributed by atoms with Gasteiger partial charge in [-0.15, -0.1) is 0 Å². The van der Waals surface area contributed by atoms with Crippen LogP contribution in [0.2, 0.25) is 0 Å². The first-order valence-corrected chi connectivity index (χ1v) is 8.48. The largest absolute Gasteiger partial charge is 0.363 e. The fourth-order valence-corrected chi connectivity index (χ4v) is 3.01. The van der Waals surface area contributed by atoms with E-state index < -0.39 is 5.91 Å². The summed E-state index contributed by atoms with van der Waals surface area (Å²) in [5.74, 6) is 0.261. The number of hydrogen-bond donors (Lipinski definition) is 1. The summed E-state index contributed by atoms with van der Waals surface area (Å²) in [5, 5.41) is 7.44. The Morgan fingerprint density at radius 2 is 1.92 bits per heavy atom. The van der Waals surface area contributed by atoms with Crippen LogP contribution in [-0.4, -0.2) is 63.1 Å². The number of aryl methyl sites for hydroxylation is 2. The molecule has 26 heavy (non-hydrogen) atoms. The van der Waals surface area contributed by atoms with Gasteiger partial charge >= 0.3 is 0 Å². The van der Waals surface area contributed by atoms with Crippen LogP contribution in [0, 0.1) is 13.8 Å². The second-order valence-corrected chi connectivity index (χ2v) is 6.37. The molecule has 0 atom stereocenters. The van der Waals surface area contributed by atoms with Gasteiger partial charge in [-0.3, -0.25) is 14.5 Å². The van der Waals surface area contributed by atoms with Crippen molar-refractivity contribution in [2.75, 3.05) is 26.2 Å². The van der Waals surface area contributed by atoms with E-state index in [4.69, 9.17) is 14.8 Å². The van der Waals surface area contributed by atoms with E-state index in [0.717, 1.165) is 24.2 Å². The van der Waals surface area contributed by atoms with Crippen molar-refractivity contribution in [2.45, 2.75) is 33.2 Å². The highest BCUT2D eigenvalue weighted by Gasteiger charge is 2.23. The molecule has 0 radical (unpaired) electrons. The molecule has 0 aliphatic carbocycles. The Bertz CT molecular complexity index is 779. The van der Waals surface area contributed by atoms with Gasteiger partial charge in [-0.1, -0.05) is 10.3 Å². The molecule has 2 aromatic heterocycles. The van der Waals surface area contributed by atoms with Gasteiger partial charge in [0.15, 0.2) is 0 Å². The summed E-state index contributed by atoms with van der Waals surface area (Å²) < 4.78 is 10.2. The zero-order valence-electron chi connectivity index (χ0n) is 14.9. The maximum atomic E-state index is 12.6. The fourth-order valence-electron chi connectivity index (χ4n) is 3.01. The molecular formula is C16H22N6O4. The van der Waals surface area contributed by atoms with Crippen molar-refractivity contribution in [3.8, 4) is 0 Å². The number of hydrogen-bond acceptors (Lipinski definition) is 8. The Morgan fingerprint density at radius 1 is 1.12 bits per heavy atom. The molecule has 3 rings (SSSR count). The number of amides is 2. The number of primary amides is 1. The number of rotatable bonds is 5. The monoisotopic (exact) mass is 362 g/mol. The van der Waals surface area contributed by atoms with E-state index in [1.165, 1.54) is 0 Å². The highest BCUT2D eigenvalue weighted by molar-refractivity contribution is 5.88. The Kier molecular flexibility index (Phi) is 5.31. The average molecular weight is 362 g/mol. The second-order valence-electron chi connectivity index (χ2n) is 6.37. The van der Waals surface area contributed by atoms with Gasteiger partial charge in [-0.05, 0) is 20.3 Å². The van der Waals surface area contributed by atoms with Crippen LogP contribution in [0.1, 0.15) is 39.9 Å². The van der Waals surface area contributed by atoms with Crippen LogP contribution in [0.5, 0.6) is 0 Å². The fraction of sp³-hybridized carbons (Fsp3) is 0.562. The number of nitrogens with two attached hydrogens (primary N) is 1. The van der Waals surface area contributed by atoms with Crippen molar-refractivity contribution in [3.05, 3.63) is 28.7 Å². The molecule has 1 aliphatic heterocycles. The molecule has 1 saturated heterocycles. The number of carbonyl (C=O) groups is 2. The lowest BCUT2D eigenvalue weighted by atomic mass is 10.1. The Hall–Kier alpha value is -2.75. The summed E-state index contributed by atoms with van der Waals surface area (Å²) in [6.45, 7) is 6.86. The molecule has 1 aliphatic rings. The van der Waals surface area contributed by atoms with E-state index in [9.17, 15) is 9.59 Å². The number of nitrogens with zero attached hydrogens (tertiary/aromatic N) is 5. The summed E-state index contributed by atoms with van der Waals surface area (Å²) in [7, 11) is 0. The smallest absolute Gasteiger partial charge is 0.290 e. The first-order chi connectivity index (χ1) is 12.4. The lowest BCUT2D eigenvalue weighted by molar-refractivity contribution is -0.130. The maximum absolute atomic E-state index is 12.6. The van der Waals surface area contributed by atoms with Crippen molar-refractivity contribution in [1.82, 2.24) is 25.1 Å². The molecule has 2 amide bonds. The van der Waals surface area contributed by atoms with Gasteiger partial charge in [-0.25, -0.2) is 0 Å². The Morgan fingerprint density at radius 3 is 2.58 bits per heavy atom. The molecule has 140 valence electrons. The number of carbonyl (C=O) groups excluding carboxylic acids is 2. The first-order valence-electron chi connectivity index (χ1n) is 8.48. The molecule has 2 N–H and O–H groups in total. The van der Waals surface area contributed by atoms with Crippen molar-refractivity contribution in [2.24, 2.45) is 5.73 Å². The van der Waals surface area contributed by atoms with Crippen LogP contribution in [0.15, 0.2) is 9.05 Å². The van der Waals surface area contributed by atoms with Crippen molar-refractivity contribution in [1.29, 1.82) is 0 Å². The summed E-state index contributed by atoms with van der Waals surface area (Å²) in [4.78, 5) is 31.6. The zero-order chi connectivity index (χ0) is 18.7. The van der Waals surface area contributed by atoms with E-state index in [-0.39, 0.29) is 11.7 Å². The molecular weight excluding hydrogens is 340 g/mol. The summed E-state index contributed by atoms with van der Waals surface area (Å²) in [6.07, 6.45) is 1.14. The molecule has 10 nitrogen and oxygen atoms in total. The maximum Gasteiger partial charge on any atom is 0.290 e. The normalized spacial score (nSPS) is 15.8. The number of aromatic nitrogens is 3. The van der Waals surface area contributed by atoms with Crippen LogP contribution in [-0.2, 0) is 17.8 Å². The molecule has 0 aromatic carbocycles. The van der Waals surface area contributed by atoms with E-state index >= 15 is 0 Å².